The average molecular weight is 326 g/mol. The normalized spacial score (nSPS) is 12.6. The molecule has 0 aliphatic heterocycles. The monoisotopic (exact) mass is 325 g/mol. The highest BCUT2D eigenvalue weighted by Crippen LogP contribution is 2.32. The highest BCUT2D eigenvalue weighted by Gasteiger charge is 2.32. The van der Waals surface area contributed by atoms with E-state index in [1.165, 1.54) is 24.8 Å². The third-order valence-corrected chi connectivity index (χ3v) is 4.44. The molecule has 0 heterocycles. The number of alkyl halides is 3. The lowest BCUT2D eigenvalue weighted by molar-refractivity contribution is -0.274. The van der Waals surface area contributed by atoms with Crippen LogP contribution >= 0.6 is 11.6 Å². The molecule has 0 spiro atoms. The summed E-state index contributed by atoms with van der Waals surface area (Å²) in [5.74, 6) is -0.363. The van der Waals surface area contributed by atoms with Crippen LogP contribution in [-0.2, 0) is 4.74 Å². The van der Waals surface area contributed by atoms with E-state index in [1.54, 1.807) is 0 Å². The first-order valence-corrected chi connectivity index (χ1v) is 10.2. The minimum Gasteiger partial charge on any atom is -0.405 e. The summed E-state index contributed by atoms with van der Waals surface area (Å²) in [5, 5.41) is 0.153. The zero-order chi connectivity index (χ0) is 15.4. The van der Waals surface area contributed by atoms with E-state index in [0.717, 1.165) is 6.04 Å². The van der Waals surface area contributed by atoms with Gasteiger partial charge in [0.2, 0.25) is 0 Å². The van der Waals surface area contributed by atoms with Gasteiger partial charge in [0, 0.05) is 20.2 Å². The molecule has 0 N–H and O–H groups in total. The van der Waals surface area contributed by atoms with E-state index in [2.05, 4.69) is 24.4 Å². The predicted molar refractivity (Wildman–Crippen MR) is 75.6 cm³/mol. The summed E-state index contributed by atoms with van der Waals surface area (Å²) in [6, 6.07) is 4.98. The van der Waals surface area contributed by atoms with Crippen LogP contribution in [0.5, 0.6) is 5.75 Å². The Bertz CT molecular complexity index is 444. The molecule has 2 nitrogen and oxygen atoms in total. The molecule has 1 aromatic carbocycles. The maximum atomic E-state index is 12.3. The number of hydrogen-bond acceptors (Lipinski definition) is 2. The quantitative estimate of drug-likeness (QED) is 0.535. The standard InChI is InChI=1S/C13H17ClF3O2Si/c1-20(2,3)8-7-18-9-10-11(14)5-4-6-12(10)19-13(15,16)17/h4-6,9H,7-8H2,1-3H3. The molecule has 0 unspecified atom stereocenters. The Morgan fingerprint density at radius 3 is 2.45 bits per heavy atom. The number of ether oxygens (including phenoxy) is 2. The Labute approximate surface area is 122 Å². The maximum Gasteiger partial charge on any atom is 0.573 e. The van der Waals surface area contributed by atoms with Crippen LogP contribution in [-0.4, -0.2) is 21.0 Å². The molecule has 1 rings (SSSR count). The summed E-state index contributed by atoms with van der Waals surface area (Å²) in [6.07, 6.45) is -4.76. The molecular weight excluding hydrogens is 309 g/mol. The Balaban J connectivity index is 2.68. The van der Waals surface area contributed by atoms with Gasteiger partial charge in [0.15, 0.2) is 0 Å². The summed E-state index contributed by atoms with van der Waals surface area (Å²) in [7, 11) is -1.25. The molecule has 1 radical (unpaired) electrons. The van der Waals surface area contributed by atoms with E-state index in [9.17, 15) is 13.2 Å². The molecule has 0 saturated carbocycles. The zero-order valence-corrected chi connectivity index (χ0v) is 13.3. The van der Waals surface area contributed by atoms with Crippen molar-refractivity contribution in [3.63, 3.8) is 0 Å². The van der Waals surface area contributed by atoms with Crippen LogP contribution < -0.4 is 4.74 Å². The summed E-state index contributed by atoms with van der Waals surface area (Å²) >= 11 is 5.88. The van der Waals surface area contributed by atoms with Crippen molar-refractivity contribution in [1.82, 2.24) is 0 Å². The second-order valence-corrected chi connectivity index (χ2v) is 11.5. The molecule has 20 heavy (non-hydrogen) atoms. The molecule has 0 fully saturated rings. The van der Waals surface area contributed by atoms with Gasteiger partial charge in [-0.2, -0.15) is 0 Å². The van der Waals surface area contributed by atoms with Crippen LogP contribution in [0.2, 0.25) is 30.7 Å². The lowest BCUT2D eigenvalue weighted by Gasteiger charge is -2.17. The third-order valence-electron chi connectivity index (χ3n) is 2.41. The van der Waals surface area contributed by atoms with Gasteiger partial charge in [0.05, 0.1) is 5.02 Å². The molecule has 113 valence electrons. The van der Waals surface area contributed by atoms with Crippen LogP contribution in [0, 0.1) is 6.61 Å². The van der Waals surface area contributed by atoms with Gasteiger partial charge in [-0.15, -0.1) is 13.2 Å². The van der Waals surface area contributed by atoms with Gasteiger partial charge in [-0.1, -0.05) is 37.3 Å². The number of halogens is 4. The highest BCUT2D eigenvalue weighted by atomic mass is 35.5. The topological polar surface area (TPSA) is 18.5 Å². The molecule has 0 aromatic heterocycles. The van der Waals surface area contributed by atoms with Crippen molar-refractivity contribution >= 4 is 19.7 Å². The van der Waals surface area contributed by atoms with Gasteiger partial charge < -0.3 is 9.47 Å². The SMILES string of the molecule is C[Si](C)(C)CCO[CH]c1c(Cl)cccc1OC(F)(F)F. The smallest absolute Gasteiger partial charge is 0.405 e. The van der Waals surface area contributed by atoms with Crippen molar-refractivity contribution in [3.05, 3.63) is 35.4 Å². The second-order valence-electron chi connectivity index (χ2n) is 5.50. The Morgan fingerprint density at radius 2 is 1.90 bits per heavy atom. The first kappa shape index (κ1) is 17.3. The van der Waals surface area contributed by atoms with Gasteiger partial charge in [0.1, 0.15) is 12.4 Å². The molecule has 0 saturated heterocycles. The maximum absolute atomic E-state index is 12.3. The second kappa shape index (κ2) is 6.82. The van der Waals surface area contributed by atoms with Gasteiger partial charge in [0.25, 0.3) is 0 Å². The molecule has 1 aromatic rings. The summed E-state index contributed by atoms with van der Waals surface area (Å²) in [6.45, 7) is 8.23. The van der Waals surface area contributed by atoms with Crippen LogP contribution in [0.25, 0.3) is 0 Å². The molecular formula is C13H17ClF3O2Si. The van der Waals surface area contributed by atoms with Gasteiger partial charge in [-0.3, -0.25) is 0 Å². The predicted octanol–water partition coefficient (Wildman–Crippen LogP) is 5.10. The minimum atomic E-state index is -4.76. The zero-order valence-electron chi connectivity index (χ0n) is 11.6. The minimum absolute atomic E-state index is 0.0991. The van der Waals surface area contributed by atoms with E-state index in [0.29, 0.717) is 6.61 Å². The number of hydrogen-bond donors (Lipinski definition) is 0. The van der Waals surface area contributed by atoms with Crippen molar-refractivity contribution in [2.24, 2.45) is 0 Å². The van der Waals surface area contributed by atoms with Crippen molar-refractivity contribution in [2.45, 2.75) is 32.0 Å². The summed E-state index contributed by atoms with van der Waals surface area (Å²) in [5.41, 5.74) is 0.0991. The van der Waals surface area contributed by atoms with E-state index in [4.69, 9.17) is 16.3 Å². The van der Waals surface area contributed by atoms with Crippen molar-refractivity contribution in [2.75, 3.05) is 6.61 Å². The Morgan fingerprint density at radius 1 is 1.25 bits per heavy atom. The summed E-state index contributed by atoms with van der Waals surface area (Å²) in [4.78, 5) is 0. The largest absolute Gasteiger partial charge is 0.573 e. The van der Waals surface area contributed by atoms with Crippen LogP contribution in [0.1, 0.15) is 5.56 Å². The number of rotatable bonds is 6. The average Bonchev–Trinajstić information content (AvgIpc) is 2.23. The lowest BCUT2D eigenvalue weighted by atomic mass is 10.2. The lowest BCUT2D eigenvalue weighted by Crippen LogP contribution is -2.21. The van der Waals surface area contributed by atoms with Crippen LogP contribution in [0.4, 0.5) is 13.2 Å². The first-order valence-electron chi connectivity index (χ1n) is 6.07. The van der Waals surface area contributed by atoms with Gasteiger partial charge in [-0.05, 0) is 18.2 Å². The van der Waals surface area contributed by atoms with Crippen molar-refractivity contribution < 1.29 is 22.6 Å². The fraction of sp³-hybridized carbons (Fsp3) is 0.462. The fourth-order valence-electron chi connectivity index (χ4n) is 1.35. The number of benzene rings is 1. The highest BCUT2D eigenvalue weighted by molar-refractivity contribution is 6.76. The molecule has 0 atom stereocenters. The fourth-order valence-corrected chi connectivity index (χ4v) is 2.29. The summed E-state index contributed by atoms with van der Waals surface area (Å²) < 4.78 is 46.1. The van der Waals surface area contributed by atoms with Crippen molar-refractivity contribution in [1.29, 1.82) is 0 Å². The van der Waals surface area contributed by atoms with E-state index in [-0.39, 0.29) is 16.3 Å². The van der Waals surface area contributed by atoms with Gasteiger partial charge in [-0.25, -0.2) is 0 Å². The molecule has 7 heteroatoms. The van der Waals surface area contributed by atoms with Crippen molar-refractivity contribution in [3.8, 4) is 5.75 Å². The molecule has 0 aliphatic rings. The molecule has 0 amide bonds. The molecule has 0 aliphatic carbocycles. The third kappa shape index (κ3) is 6.63. The van der Waals surface area contributed by atoms with Crippen LogP contribution in [0.3, 0.4) is 0 Å². The van der Waals surface area contributed by atoms with E-state index < -0.39 is 14.4 Å². The van der Waals surface area contributed by atoms with E-state index >= 15 is 0 Å². The van der Waals surface area contributed by atoms with E-state index in [1.807, 2.05) is 0 Å². The Kier molecular flexibility index (Phi) is 5.91. The van der Waals surface area contributed by atoms with Gasteiger partial charge >= 0.3 is 6.36 Å². The molecule has 0 bridgehead atoms. The first-order chi connectivity index (χ1) is 9.08. The Hall–Kier alpha value is -0.723. The van der Waals surface area contributed by atoms with Crippen LogP contribution in [0.15, 0.2) is 18.2 Å².